The van der Waals surface area contributed by atoms with E-state index in [1.165, 1.54) is 11.8 Å². The molecular weight excluding hydrogens is 279 g/mol. The summed E-state index contributed by atoms with van der Waals surface area (Å²) in [6, 6.07) is 2.32. The molecule has 7 heteroatoms. The predicted molar refractivity (Wildman–Crippen MR) is 75.7 cm³/mol. The smallest absolute Gasteiger partial charge is 0.190 e. The quantitative estimate of drug-likeness (QED) is 0.525. The number of hydrogen-bond acceptors (Lipinski definition) is 5. The molecule has 1 aliphatic heterocycles. The van der Waals surface area contributed by atoms with E-state index in [-0.39, 0.29) is 12.4 Å². The van der Waals surface area contributed by atoms with Crippen LogP contribution in [0.3, 0.4) is 0 Å². The van der Waals surface area contributed by atoms with Crippen LogP contribution in [0.2, 0.25) is 5.15 Å². The molecule has 0 aromatic carbocycles. The highest BCUT2D eigenvalue weighted by molar-refractivity contribution is 7.98. The minimum absolute atomic E-state index is 0. The molecule has 1 N–H and O–H groups in total. The molecule has 1 aliphatic rings. The molecule has 1 fully saturated rings. The molecule has 0 amide bonds. The number of thioether (sulfide) groups is 1. The molecule has 0 spiro atoms. The van der Waals surface area contributed by atoms with Crippen LogP contribution in [0.25, 0.3) is 0 Å². The Hall–Kier alpha value is -0.230. The Kier molecular flexibility index (Phi) is 5.79. The lowest BCUT2D eigenvalue weighted by Gasteiger charge is -2.24. The Balaban J connectivity index is 0.00000144. The highest BCUT2D eigenvalue weighted by Crippen LogP contribution is 2.22. The first-order valence-corrected chi connectivity index (χ1v) is 6.83. The molecular formula is C10H16Cl2N4S. The van der Waals surface area contributed by atoms with E-state index in [0.717, 1.165) is 30.5 Å². The molecule has 96 valence electrons. The fourth-order valence-corrected chi connectivity index (χ4v) is 2.42. The van der Waals surface area contributed by atoms with Gasteiger partial charge in [-0.2, -0.15) is 0 Å². The number of hydrogen-bond donors (Lipinski definition) is 1. The highest BCUT2D eigenvalue weighted by atomic mass is 35.5. The Morgan fingerprint density at radius 2 is 2.29 bits per heavy atom. The summed E-state index contributed by atoms with van der Waals surface area (Å²) in [5, 5.41) is 4.57. The summed E-state index contributed by atoms with van der Waals surface area (Å²) in [6.45, 7) is 2.08. The second kappa shape index (κ2) is 6.64. The van der Waals surface area contributed by atoms with E-state index < -0.39 is 0 Å². The van der Waals surface area contributed by atoms with Gasteiger partial charge in [0.05, 0.1) is 0 Å². The maximum atomic E-state index is 5.97. The molecule has 0 aliphatic carbocycles. The molecule has 1 aromatic rings. The van der Waals surface area contributed by atoms with Gasteiger partial charge in [-0.3, -0.25) is 0 Å². The standard InChI is InChI=1S/C10H15ClN4S.ClH/c1-15(7-3-4-12-6-7)9-5-8(11)13-10(14-9)16-2;/h5,7,12H,3-4,6H2,1-2H3;1H/t7-;/m1./s1. The number of halogens is 2. The van der Waals surface area contributed by atoms with Crippen LogP contribution in [0.4, 0.5) is 5.82 Å². The molecule has 2 rings (SSSR count). The number of aromatic nitrogens is 2. The minimum atomic E-state index is 0. The number of nitrogens with one attached hydrogen (secondary N) is 1. The summed E-state index contributed by atoms with van der Waals surface area (Å²) in [5.74, 6) is 0.901. The van der Waals surface area contributed by atoms with E-state index in [1.807, 2.05) is 12.3 Å². The Bertz CT molecular complexity index is 371. The van der Waals surface area contributed by atoms with Gasteiger partial charge in [0.15, 0.2) is 5.16 Å². The van der Waals surface area contributed by atoms with Gasteiger partial charge in [-0.15, -0.1) is 12.4 Å². The average Bonchev–Trinajstić information content (AvgIpc) is 2.80. The van der Waals surface area contributed by atoms with Crippen molar-refractivity contribution in [1.29, 1.82) is 0 Å². The van der Waals surface area contributed by atoms with Crippen molar-refractivity contribution in [2.45, 2.75) is 17.6 Å². The van der Waals surface area contributed by atoms with E-state index >= 15 is 0 Å². The number of anilines is 1. The molecule has 2 heterocycles. The van der Waals surface area contributed by atoms with Crippen LogP contribution in [-0.4, -0.2) is 42.4 Å². The molecule has 0 saturated carbocycles. The first-order valence-electron chi connectivity index (χ1n) is 5.23. The first-order chi connectivity index (χ1) is 7.70. The molecule has 1 saturated heterocycles. The second-order valence-corrected chi connectivity index (χ2v) is 4.95. The number of likely N-dealkylation sites (N-methyl/N-ethyl adjacent to an activating group) is 1. The van der Waals surface area contributed by atoms with E-state index in [0.29, 0.717) is 11.2 Å². The Labute approximate surface area is 117 Å². The lowest BCUT2D eigenvalue weighted by molar-refractivity contribution is 0.672. The van der Waals surface area contributed by atoms with Crippen LogP contribution in [0.15, 0.2) is 11.2 Å². The van der Waals surface area contributed by atoms with E-state index in [1.54, 1.807) is 0 Å². The van der Waals surface area contributed by atoms with Gasteiger partial charge >= 0.3 is 0 Å². The molecule has 0 radical (unpaired) electrons. The summed E-state index contributed by atoms with van der Waals surface area (Å²) in [6.07, 6.45) is 3.10. The van der Waals surface area contributed by atoms with Crippen molar-refractivity contribution in [3.8, 4) is 0 Å². The molecule has 0 bridgehead atoms. The fourth-order valence-electron chi connectivity index (χ4n) is 1.81. The van der Waals surface area contributed by atoms with Gasteiger partial charge in [0, 0.05) is 25.7 Å². The fraction of sp³-hybridized carbons (Fsp3) is 0.600. The zero-order chi connectivity index (χ0) is 11.5. The largest absolute Gasteiger partial charge is 0.355 e. The van der Waals surface area contributed by atoms with Crippen LogP contribution >= 0.6 is 35.8 Å². The number of rotatable bonds is 3. The van der Waals surface area contributed by atoms with Gasteiger partial charge in [0.25, 0.3) is 0 Å². The van der Waals surface area contributed by atoms with Crippen LogP contribution < -0.4 is 10.2 Å². The predicted octanol–water partition coefficient (Wildman–Crippen LogP) is 2.07. The van der Waals surface area contributed by atoms with E-state index in [2.05, 4.69) is 27.2 Å². The summed E-state index contributed by atoms with van der Waals surface area (Å²) in [5.41, 5.74) is 0. The van der Waals surface area contributed by atoms with Crippen LogP contribution in [-0.2, 0) is 0 Å². The first kappa shape index (κ1) is 14.8. The maximum absolute atomic E-state index is 5.97. The van der Waals surface area contributed by atoms with Crippen molar-refractivity contribution in [2.75, 3.05) is 31.3 Å². The summed E-state index contributed by atoms with van der Waals surface area (Å²) < 4.78 is 0. The Morgan fingerprint density at radius 1 is 1.53 bits per heavy atom. The summed E-state index contributed by atoms with van der Waals surface area (Å²) in [7, 11) is 2.06. The van der Waals surface area contributed by atoms with Crippen molar-refractivity contribution >= 4 is 41.6 Å². The van der Waals surface area contributed by atoms with Gasteiger partial charge in [0.1, 0.15) is 11.0 Å². The van der Waals surface area contributed by atoms with E-state index in [4.69, 9.17) is 11.6 Å². The normalized spacial score (nSPS) is 18.9. The van der Waals surface area contributed by atoms with Gasteiger partial charge in [-0.1, -0.05) is 23.4 Å². The summed E-state index contributed by atoms with van der Waals surface area (Å²) in [4.78, 5) is 10.8. The highest BCUT2D eigenvalue weighted by Gasteiger charge is 2.20. The zero-order valence-electron chi connectivity index (χ0n) is 9.81. The van der Waals surface area contributed by atoms with Gasteiger partial charge < -0.3 is 10.2 Å². The van der Waals surface area contributed by atoms with Gasteiger partial charge in [-0.25, -0.2) is 9.97 Å². The van der Waals surface area contributed by atoms with Crippen molar-refractivity contribution < 1.29 is 0 Å². The van der Waals surface area contributed by atoms with Crippen molar-refractivity contribution in [3.05, 3.63) is 11.2 Å². The third-order valence-corrected chi connectivity index (χ3v) is 3.53. The van der Waals surface area contributed by atoms with E-state index in [9.17, 15) is 0 Å². The van der Waals surface area contributed by atoms with Gasteiger partial charge in [-0.05, 0) is 19.2 Å². The topological polar surface area (TPSA) is 41.1 Å². The molecule has 17 heavy (non-hydrogen) atoms. The monoisotopic (exact) mass is 294 g/mol. The van der Waals surface area contributed by atoms with Crippen LogP contribution in [0, 0.1) is 0 Å². The Morgan fingerprint density at radius 3 is 2.88 bits per heavy atom. The third kappa shape index (κ3) is 3.61. The molecule has 1 aromatic heterocycles. The second-order valence-electron chi connectivity index (χ2n) is 3.79. The third-order valence-electron chi connectivity index (χ3n) is 2.79. The molecule has 1 atom stereocenters. The molecule has 0 unspecified atom stereocenters. The van der Waals surface area contributed by atoms with Crippen molar-refractivity contribution in [2.24, 2.45) is 0 Å². The lowest BCUT2D eigenvalue weighted by Crippen LogP contribution is -2.34. The van der Waals surface area contributed by atoms with Gasteiger partial charge in [0.2, 0.25) is 0 Å². The SMILES string of the molecule is CSc1nc(Cl)cc(N(C)[C@@H]2CCNC2)n1.Cl. The molecule has 4 nitrogen and oxygen atoms in total. The van der Waals surface area contributed by atoms with Crippen molar-refractivity contribution in [1.82, 2.24) is 15.3 Å². The summed E-state index contributed by atoms with van der Waals surface area (Å²) >= 11 is 7.48. The average molecular weight is 295 g/mol. The number of nitrogens with zero attached hydrogens (tertiary/aromatic N) is 3. The van der Waals surface area contributed by atoms with Crippen LogP contribution in [0.1, 0.15) is 6.42 Å². The zero-order valence-corrected chi connectivity index (χ0v) is 12.2. The van der Waals surface area contributed by atoms with Crippen molar-refractivity contribution in [3.63, 3.8) is 0 Å². The lowest BCUT2D eigenvalue weighted by atomic mass is 10.2. The minimum Gasteiger partial charge on any atom is -0.355 e. The van der Waals surface area contributed by atoms with Crippen LogP contribution in [0.5, 0.6) is 0 Å². The maximum Gasteiger partial charge on any atom is 0.190 e.